The molecule has 0 amide bonds. The quantitative estimate of drug-likeness (QED) is 0.526. The van der Waals surface area contributed by atoms with E-state index >= 15 is 0 Å². The minimum atomic E-state index is 0. The van der Waals surface area contributed by atoms with E-state index in [1.807, 2.05) is 0 Å². The fourth-order valence-corrected chi connectivity index (χ4v) is 3.55. The Morgan fingerprint density at radius 3 is 1.53 bits per heavy atom. The summed E-state index contributed by atoms with van der Waals surface area (Å²) in [5, 5.41) is 0. The molecule has 2 aliphatic carbocycles. The number of allylic oxidation sites excluding steroid dienone is 8. The van der Waals surface area contributed by atoms with E-state index in [-0.39, 0.29) is 24.8 Å². The first-order valence-electron chi connectivity index (χ1n) is 4.71. The Morgan fingerprint density at radius 1 is 0.867 bits per heavy atom. The van der Waals surface area contributed by atoms with Crippen molar-refractivity contribution in [3.63, 3.8) is 0 Å². The van der Waals surface area contributed by atoms with Gasteiger partial charge in [0.1, 0.15) is 0 Å². The van der Waals surface area contributed by atoms with Gasteiger partial charge in [-0.05, 0) is 0 Å². The molecule has 0 bridgehead atoms. The second-order valence-electron chi connectivity index (χ2n) is 3.58. The van der Waals surface area contributed by atoms with Crippen molar-refractivity contribution in [1.82, 2.24) is 0 Å². The topological polar surface area (TPSA) is 0 Å². The molecule has 0 aromatic rings. The summed E-state index contributed by atoms with van der Waals surface area (Å²) in [6.45, 7) is 4.49. The third-order valence-electron chi connectivity index (χ3n) is 2.54. The van der Waals surface area contributed by atoms with Gasteiger partial charge in [0.2, 0.25) is 0 Å². The third kappa shape index (κ3) is 3.57. The fourth-order valence-electron chi connectivity index (χ4n) is 1.64. The molecule has 0 unspecified atom stereocenters. The first kappa shape index (κ1) is 15.1. The molecule has 0 nitrogen and oxygen atoms in total. The number of hydrogen-bond donors (Lipinski definition) is 0. The minimum Gasteiger partial charge on any atom is -1.00 e. The predicted octanol–water partition coefficient (Wildman–Crippen LogP) is -2.46. The molecule has 0 radical (unpaired) electrons. The molecule has 0 fully saturated rings. The molecule has 0 heterocycles. The SMILES string of the molecule is CC1=[C]([V+2][C]2=C(C)C=CC2)CC=C1.[Cl-].[Cl-]. The molecule has 15 heavy (non-hydrogen) atoms. The largest absolute Gasteiger partial charge is 1.00 e. The van der Waals surface area contributed by atoms with Crippen molar-refractivity contribution in [2.24, 2.45) is 0 Å². The molecule has 0 atom stereocenters. The molecule has 0 aliphatic heterocycles. The van der Waals surface area contributed by atoms with Crippen LogP contribution in [0.25, 0.3) is 0 Å². The van der Waals surface area contributed by atoms with Gasteiger partial charge in [0, 0.05) is 0 Å². The molecule has 2 aliphatic rings. The van der Waals surface area contributed by atoms with E-state index in [0.29, 0.717) is 16.3 Å². The Bertz CT molecular complexity index is 315. The van der Waals surface area contributed by atoms with Crippen LogP contribution in [0.4, 0.5) is 0 Å². The fraction of sp³-hybridized carbons (Fsp3) is 0.333. The Hall–Kier alpha value is 0.124. The summed E-state index contributed by atoms with van der Waals surface area (Å²) < 4.78 is 3.41. The van der Waals surface area contributed by atoms with Crippen LogP contribution in [0.1, 0.15) is 26.7 Å². The van der Waals surface area contributed by atoms with Crippen LogP contribution in [0.3, 0.4) is 0 Å². The average molecular weight is 280 g/mol. The van der Waals surface area contributed by atoms with Crippen LogP contribution < -0.4 is 24.8 Å². The smallest absolute Gasteiger partial charge is 1.00 e. The summed E-state index contributed by atoms with van der Waals surface area (Å²) in [5.41, 5.74) is 3.04. The van der Waals surface area contributed by atoms with Crippen LogP contribution in [0.15, 0.2) is 44.0 Å². The first-order chi connectivity index (χ1) is 6.27. The summed E-state index contributed by atoms with van der Waals surface area (Å²) in [4.78, 5) is 0. The molecular formula is C12H14Cl2V. The van der Waals surface area contributed by atoms with E-state index in [4.69, 9.17) is 0 Å². The van der Waals surface area contributed by atoms with Crippen LogP contribution in [-0.2, 0) is 16.3 Å². The Morgan fingerprint density at radius 2 is 1.27 bits per heavy atom. The summed E-state index contributed by atoms with van der Waals surface area (Å²) in [5.74, 6) is 0. The zero-order valence-corrected chi connectivity index (χ0v) is 11.8. The molecule has 3 heteroatoms. The zero-order valence-electron chi connectivity index (χ0n) is 8.93. The Kier molecular flexibility index (Phi) is 6.71. The van der Waals surface area contributed by atoms with Gasteiger partial charge in [-0.2, -0.15) is 0 Å². The number of hydrogen-bond acceptors (Lipinski definition) is 0. The molecule has 0 saturated heterocycles. The molecule has 0 aromatic carbocycles. The molecule has 0 aromatic heterocycles. The van der Waals surface area contributed by atoms with E-state index in [2.05, 4.69) is 38.2 Å². The van der Waals surface area contributed by atoms with E-state index in [1.165, 1.54) is 24.0 Å². The van der Waals surface area contributed by atoms with Crippen molar-refractivity contribution in [2.45, 2.75) is 26.7 Å². The Labute approximate surface area is 111 Å². The van der Waals surface area contributed by atoms with Gasteiger partial charge < -0.3 is 24.8 Å². The van der Waals surface area contributed by atoms with Gasteiger partial charge in [0.05, 0.1) is 0 Å². The van der Waals surface area contributed by atoms with Crippen LogP contribution in [-0.4, -0.2) is 0 Å². The summed E-state index contributed by atoms with van der Waals surface area (Å²) in [6, 6.07) is 0. The first-order valence-corrected chi connectivity index (χ1v) is 6.11. The van der Waals surface area contributed by atoms with Crippen molar-refractivity contribution < 1.29 is 41.1 Å². The van der Waals surface area contributed by atoms with Gasteiger partial charge >= 0.3 is 87.0 Å². The van der Waals surface area contributed by atoms with E-state index in [1.54, 1.807) is 8.57 Å². The molecule has 2 rings (SSSR count). The summed E-state index contributed by atoms with van der Waals surface area (Å²) >= 11 is 0.322. The van der Waals surface area contributed by atoms with Gasteiger partial charge in [0.15, 0.2) is 0 Å². The van der Waals surface area contributed by atoms with E-state index < -0.39 is 0 Å². The molecule has 0 N–H and O–H groups in total. The van der Waals surface area contributed by atoms with Crippen LogP contribution in [0.5, 0.6) is 0 Å². The maximum absolute atomic E-state index is 2.29. The van der Waals surface area contributed by atoms with Crippen molar-refractivity contribution in [2.75, 3.05) is 0 Å². The average Bonchev–Trinajstić information content (AvgIpc) is 2.65. The van der Waals surface area contributed by atoms with Gasteiger partial charge in [-0.3, -0.25) is 0 Å². The van der Waals surface area contributed by atoms with Crippen molar-refractivity contribution in [1.29, 1.82) is 0 Å². The van der Waals surface area contributed by atoms with E-state index in [0.717, 1.165) is 0 Å². The second kappa shape index (κ2) is 6.65. The van der Waals surface area contributed by atoms with Crippen molar-refractivity contribution in [3.8, 4) is 0 Å². The minimum absolute atomic E-state index is 0. The molecule has 81 valence electrons. The maximum atomic E-state index is 2.29. The van der Waals surface area contributed by atoms with Crippen molar-refractivity contribution in [3.05, 3.63) is 44.0 Å². The second-order valence-corrected chi connectivity index (χ2v) is 5.62. The summed E-state index contributed by atoms with van der Waals surface area (Å²) in [7, 11) is 0. The predicted molar refractivity (Wildman–Crippen MR) is 52.9 cm³/mol. The third-order valence-corrected chi connectivity index (χ3v) is 5.05. The normalized spacial score (nSPS) is 17.7. The van der Waals surface area contributed by atoms with Gasteiger partial charge in [0.25, 0.3) is 0 Å². The molecule has 0 saturated carbocycles. The molecule has 0 spiro atoms. The monoisotopic (exact) mass is 279 g/mol. The standard InChI is InChI=1S/2C6H7.2ClH.V/c2*1-6-4-2-3-5-6;;;/h2*2,4H,3H2,1H3;2*1H;/q;;;;+2/p-2. The van der Waals surface area contributed by atoms with Crippen LogP contribution >= 0.6 is 0 Å². The summed E-state index contributed by atoms with van der Waals surface area (Å²) in [6.07, 6.45) is 11.5. The van der Waals surface area contributed by atoms with Crippen LogP contribution in [0, 0.1) is 0 Å². The van der Waals surface area contributed by atoms with Gasteiger partial charge in [-0.15, -0.1) is 0 Å². The number of rotatable bonds is 2. The van der Waals surface area contributed by atoms with Gasteiger partial charge in [-0.1, -0.05) is 0 Å². The van der Waals surface area contributed by atoms with E-state index in [9.17, 15) is 0 Å². The van der Waals surface area contributed by atoms with Crippen LogP contribution in [0.2, 0.25) is 0 Å². The zero-order chi connectivity index (χ0) is 9.26. The van der Waals surface area contributed by atoms with Crippen molar-refractivity contribution >= 4 is 0 Å². The molecular weight excluding hydrogens is 266 g/mol. The van der Waals surface area contributed by atoms with Gasteiger partial charge in [-0.25, -0.2) is 0 Å². The Balaban J connectivity index is 0.000000980. The number of halogens is 2. The maximum Gasteiger partial charge on any atom is -1.00 e.